The van der Waals surface area contributed by atoms with Crippen LogP contribution in [0.5, 0.6) is 5.75 Å². The van der Waals surface area contributed by atoms with Crippen molar-refractivity contribution in [3.05, 3.63) is 51.7 Å². The highest BCUT2D eigenvalue weighted by molar-refractivity contribution is 7.09. The summed E-state index contributed by atoms with van der Waals surface area (Å²) >= 11 is 1.86. The van der Waals surface area contributed by atoms with E-state index in [4.69, 9.17) is 4.74 Å². The molecule has 0 fully saturated rings. The Labute approximate surface area is 131 Å². The van der Waals surface area contributed by atoms with Gasteiger partial charge in [-0.1, -0.05) is 12.1 Å². The minimum atomic E-state index is 0.656. The molecule has 0 N–H and O–H groups in total. The van der Waals surface area contributed by atoms with E-state index < -0.39 is 0 Å². The fraction of sp³-hybridized carbons (Fsp3) is 0.444. The maximum atomic E-state index is 5.38. The Morgan fingerprint density at radius 2 is 2.24 bits per heavy atom. The number of nitrogens with zero attached hydrogens (tertiary/aromatic N) is 1. The zero-order valence-corrected chi connectivity index (χ0v) is 13.7. The van der Waals surface area contributed by atoms with Crippen molar-refractivity contribution in [1.29, 1.82) is 0 Å². The van der Waals surface area contributed by atoms with Crippen molar-refractivity contribution in [3.8, 4) is 5.75 Å². The first-order valence-electron chi connectivity index (χ1n) is 7.64. The second-order valence-electron chi connectivity index (χ2n) is 5.89. The molecule has 3 heteroatoms. The number of hydrogen-bond donors (Lipinski definition) is 0. The van der Waals surface area contributed by atoms with Crippen LogP contribution < -0.4 is 4.74 Å². The van der Waals surface area contributed by atoms with Gasteiger partial charge in [0.05, 0.1) is 7.11 Å². The molecule has 1 atom stereocenters. The van der Waals surface area contributed by atoms with E-state index in [1.807, 2.05) is 11.3 Å². The predicted octanol–water partition coefficient (Wildman–Crippen LogP) is 3.96. The normalized spacial score (nSPS) is 17.2. The maximum absolute atomic E-state index is 5.38. The topological polar surface area (TPSA) is 12.5 Å². The summed E-state index contributed by atoms with van der Waals surface area (Å²) in [6.07, 6.45) is 3.64. The summed E-state index contributed by atoms with van der Waals surface area (Å²) in [6.45, 7) is 2.28. The van der Waals surface area contributed by atoms with Crippen LogP contribution in [0.3, 0.4) is 0 Å². The third kappa shape index (κ3) is 3.47. The lowest BCUT2D eigenvalue weighted by atomic mass is 10.0. The Morgan fingerprint density at radius 3 is 3.00 bits per heavy atom. The van der Waals surface area contributed by atoms with E-state index in [1.54, 1.807) is 7.11 Å². The first kappa shape index (κ1) is 14.6. The molecule has 0 saturated carbocycles. The van der Waals surface area contributed by atoms with Crippen LogP contribution >= 0.6 is 11.3 Å². The molecular formula is C18H23NOS. The molecule has 2 nitrogen and oxygen atoms in total. The van der Waals surface area contributed by atoms with Gasteiger partial charge in [-0.3, -0.25) is 0 Å². The lowest BCUT2D eigenvalue weighted by Crippen LogP contribution is -2.26. The zero-order valence-electron chi connectivity index (χ0n) is 12.8. The standard InChI is InChI=1S/C18H23NOS/c1-19(10-9-17-4-3-11-21-17)13-15-6-5-14-7-8-16(20-2)12-18(14)15/h3-4,7-8,11-12,15H,5-6,9-10,13H2,1-2H3. The molecule has 0 amide bonds. The Morgan fingerprint density at radius 1 is 1.33 bits per heavy atom. The van der Waals surface area contributed by atoms with Gasteiger partial charge in [-0.2, -0.15) is 0 Å². The second kappa shape index (κ2) is 6.63. The highest BCUT2D eigenvalue weighted by Gasteiger charge is 2.24. The molecule has 1 aromatic carbocycles. The summed E-state index contributed by atoms with van der Waals surface area (Å²) in [5, 5.41) is 2.16. The van der Waals surface area contributed by atoms with Crippen molar-refractivity contribution in [2.24, 2.45) is 0 Å². The van der Waals surface area contributed by atoms with E-state index in [0.717, 1.165) is 25.3 Å². The van der Waals surface area contributed by atoms with Crippen LogP contribution in [0.2, 0.25) is 0 Å². The van der Waals surface area contributed by atoms with Crippen LogP contribution in [-0.4, -0.2) is 32.1 Å². The van der Waals surface area contributed by atoms with Crippen LogP contribution in [0.15, 0.2) is 35.7 Å². The van der Waals surface area contributed by atoms with Crippen LogP contribution in [-0.2, 0) is 12.8 Å². The van der Waals surface area contributed by atoms with Crippen molar-refractivity contribution in [2.75, 3.05) is 27.2 Å². The molecule has 0 saturated heterocycles. The molecule has 21 heavy (non-hydrogen) atoms. The molecule has 0 radical (unpaired) electrons. The molecule has 3 rings (SSSR count). The minimum absolute atomic E-state index is 0.656. The fourth-order valence-electron chi connectivity index (χ4n) is 3.21. The maximum Gasteiger partial charge on any atom is 0.119 e. The average molecular weight is 301 g/mol. The Kier molecular flexibility index (Phi) is 4.61. The van der Waals surface area contributed by atoms with Crippen LogP contribution in [0, 0.1) is 0 Å². The second-order valence-corrected chi connectivity index (χ2v) is 6.92. The highest BCUT2D eigenvalue weighted by Crippen LogP contribution is 2.35. The number of likely N-dealkylation sites (N-methyl/N-ethyl adjacent to an activating group) is 1. The summed E-state index contributed by atoms with van der Waals surface area (Å²) in [4.78, 5) is 3.95. The van der Waals surface area contributed by atoms with Gasteiger partial charge in [-0.25, -0.2) is 0 Å². The molecule has 2 aromatic rings. The summed E-state index contributed by atoms with van der Waals surface area (Å²) in [5.74, 6) is 1.64. The molecule has 112 valence electrons. The van der Waals surface area contributed by atoms with Gasteiger partial charge in [-0.05, 0) is 66.9 Å². The molecule has 1 aliphatic carbocycles. The smallest absolute Gasteiger partial charge is 0.119 e. The number of methoxy groups -OCH3 is 1. The van der Waals surface area contributed by atoms with Crippen LogP contribution in [0.4, 0.5) is 0 Å². The van der Waals surface area contributed by atoms with E-state index in [1.165, 1.54) is 28.8 Å². The third-order valence-corrected chi connectivity index (χ3v) is 5.34. The average Bonchev–Trinajstić information content (AvgIpc) is 3.15. The fourth-order valence-corrected chi connectivity index (χ4v) is 3.90. The summed E-state index contributed by atoms with van der Waals surface area (Å²) in [7, 11) is 3.99. The molecule has 1 unspecified atom stereocenters. The van der Waals surface area contributed by atoms with Gasteiger partial charge in [-0.15, -0.1) is 11.3 Å². The van der Waals surface area contributed by atoms with E-state index in [0.29, 0.717) is 5.92 Å². The molecule has 0 bridgehead atoms. The molecule has 1 aliphatic rings. The van der Waals surface area contributed by atoms with Gasteiger partial charge in [0.25, 0.3) is 0 Å². The van der Waals surface area contributed by atoms with Crippen molar-refractivity contribution >= 4 is 11.3 Å². The van der Waals surface area contributed by atoms with Crippen molar-refractivity contribution in [3.63, 3.8) is 0 Å². The summed E-state index contributed by atoms with van der Waals surface area (Å²) in [6, 6.07) is 10.9. The molecule has 0 spiro atoms. The largest absolute Gasteiger partial charge is 0.497 e. The summed E-state index contributed by atoms with van der Waals surface area (Å²) in [5.41, 5.74) is 3.00. The van der Waals surface area contributed by atoms with Gasteiger partial charge < -0.3 is 9.64 Å². The molecular weight excluding hydrogens is 278 g/mol. The monoisotopic (exact) mass is 301 g/mol. The van der Waals surface area contributed by atoms with Crippen LogP contribution in [0.1, 0.15) is 28.3 Å². The van der Waals surface area contributed by atoms with Gasteiger partial charge in [0, 0.05) is 18.0 Å². The Bertz CT molecular complexity index is 579. The lowest BCUT2D eigenvalue weighted by molar-refractivity contribution is 0.313. The lowest BCUT2D eigenvalue weighted by Gasteiger charge is -2.21. The number of rotatable bonds is 6. The Balaban J connectivity index is 1.59. The van der Waals surface area contributed by atoms with E-state index in [-0.39, 0.29) is 0 Å². The van der Waals surface area contributed by atoms with Gasteiger partial charge in [0.2, 0.25) is 0 Å². The van der Waals surface area contributed by atoms with Gasteiger partial charge >= 0.3 is 0 Å². The van der Waals surface area contributed by atoms with E-state index >= 15 is 0 Å². The predicted molar refractivity (Wildman–Crippen MR) is 89.6 cm³/mol. The SMILES string of the molecule is COc1ccc2c(c1)C(CN(C)CCc1cccs1)CC2. The summed E-state index contributed by atoms with van der Waals surface area (Å²) < 4.78 is 5.38. The molecule has 1 aromatic heterocycles. The first-order valence-corrected chi connectivity index (χ1v) is 8.52. The number of fused-ring (bicyclic) bond motifs is 1. The number of ether oxygens (including phenoxy) is 1. The van der Waals surface area contributed by atoms with E-state index in [9.17, 15) is 0 Å². The number of hydrogen-bond acceptors (Lipinski definition) is 3. The van der Waals surface area contributed by atoms with Crippen LogP contribution in [0.25, 0.3) is 0 Å². The van der Waals surface area contributed by atoms with Crippen molar-refractivity contribution < 1.29 is 4.74 Å². The van der Waals surface area contributed by atoms with Gasteiger partial charge in [0.1, 0.15) is 5.75 Å². The molecule has 1 heterocycles. The number of benzene rings is 1. The molecule has 0 aliphatic heterocycles. The quantitative estimate of drug-likeness (QED) is 0.801. The highest BCUT2D eigenvalue weighted by atomic mass is 32.1. The van der Waals surface area contributed by atoms with Gasteiger partial charge in [0.15, 0.2) is 0 Å². The first-order chi connectivity index (χ1) is 10.3. The van der Waals surface area contributed by atoms with Crippen molar-refractivity contribution in [1.82, 2.24) is 4.90 Å². The van der Waals surface area contributed by atoms with E-state index in [2.05, 4.69) is 47.7 Å². The number of thiophene rings is 1. The zero-order chi connectivity index (χ0) is 14.7. The van der Waals surface area contributed by atoms with Crippen molar-refractivity contribution in [2.45, 2.75) is 25.2 Å². The minimum Gasteiger partial charge on any atom is -0.497 e. The Hall–Kier alpha value is -1.32. The third-order valence-electron chi connectivity index (χ3n) is 4.41. The number of aryl methyl sites for hydroxylation is 1.